The Morgan fingerprint density at radius 2 is 2.04 bits per heavy atom. The van der Waals surface area contributed by atoms with Gasteiger partial charge < -0.3 is 14.9 Å². The van der Waals surface area contributed by atoms with Gasteiger partial charge >= 0.3 is 0 Å². The monoisotopic (exact) mass is 316 g/mol. The van der Waals surface area contributed by atoms with Gasteiger partial charge in [0, 0.05) is 17.0 Å². The van der Waals surface area contributed by atoms with Crippen LogP contribution in [0.1, 0.15) is 75.0 Å². The first-order valence-electron chi connectivity index (χ1n) is 8.74. The standard InChI is InChI=1S/C20H28O3/c1-11(2)6-5-7-15-14-9-8-12(3)17-16(21)10-13(4)19(18(14)17)23-20(15)22/h6,10,12,14-15,20-22H,5,7-9H2,1-4H3/t12-,14+,15?,20?/m1/s1. The maximum atomic E-state index is 10.6. The van der Waals surface area contributed by atoms with Gasteiger partial charge in [0.25, 0.3) is 0 Å². The van der Waals surface area contributed by atoms with Gasteiger partial charge in [0.05, 0.1) is 0 Å². The van der Waals surface area contributed by atoms with Gasteiger partial charge in [-0.05, 0) is 69.9 Å². The van der Waals surface area contributed by atoms with Crippen molar-refractivity contribution in [3.8, 4) is 11.5 Å². The molecule has 3 heteroatoms. The van der Waals surface area contributed by atoms with E-state index in [4.69, 9.17) is 4.74 Å². The van der Waals surface area contributed by atoms with Crippen LogP contribution < -0.4 is 4.74 Å². The Kier molecular flexibility index (Phi) is 4.41. The molecule has 0 radical (unpaired) electrons. The molecule has 1 aliphatic heterocycles. The summed E-state index contributed by atoms with van der Waals surface area (Å²) in [5.41, 5.74) is 4.43. The summed E-state index contributed by atoms with van der Waals surface area (Å²) in [5.74, 6) is 1.93. The summed E-state index contributed by atoms with van der Waals surface area (Å²) in [6.07, 6.45) is 5.47. The molecule has 1 heterocycles. The molecular weight excluding hydrogens is 288 g/mol. The van der Waals surface area contributed by atoms with E-state index >= 15 is 0 Å². The third kappa shape index (κ3) is 2.87. The minimum absolute atomic E-state index is 0.102. The first kappa shape index (κ1) is 16.4. The number of allylic oxidation sites excluding steroid dienone is 2. The second-order valence-electron chi connectivity index (χ2n) is 7.49. The van der Waals surface area contributed by atoms with E-state index in [1.807, 2.05) is 6.92 Å². The summed E-state index contributed by atoms with van der Waals surface area (Å²) in [5, 5.41) is 21.0. The molecule has 126 valence electrons. The molecule has 0 saturated heterocycles. The lowest BCUT2D eigenvalue weighted by Crippen LogP contribution is -2.38. The number of aryl methyl sites for hydroxylation is 1. The smallest absolute Gasteiger partial charge is 0.200 e. The van der Waals surface area contributed by atoms with Crippen LogP contribution >= 0.6 is 0 Å². The third-order valence-corrected chi connectivity index (χ3v) is 5.47. The Bertz CT molecular complexity index is 628. The largest absolute Gasteiger partial charge is 0.508 e. The highest BCUT2D eigenvalue weighted by atomic mass is 16.6. The fourth-order valence-electron chi connectivity index (χ4n) is 4.33. The van der Waals surface area contributed by atoms with Gasteiger partial charge in [-0.15, -0.1) is 0 Å². The second kappa shape index (κ2) is 6.20. The van der Waals surface area contributed by atoms with E-state index in [-0.39, 0.29) is 11.8 Å². The Hall–Kier alpha value is -1.48. The molecule has 1 aliphatic carbocycles. The van der Waals surface area contributed by atoms with E-state index in [0.717, 1.165) is 48.1 Å². The van der Waals surface area contributed by atoms with Crippen LogP contribution in [0.25, 0.3) is 0 Å². The van der Waals surface area contributed by atoms with Gasteiger partial charge in [-0.25, -0.2) is 0 Å². The summed E-state index contributed by atoms with van der Waals surface area (Å²) < 4.78 is 5.91. The SMILES string of the molecule is CC(C)=CCCC1C(O)Oc2c(C)cc(O)c3c2[C@H]1CC[C@H]3C. The lowest BCUT2D eigenvalue weighted by molar-refractivity contribution is -0.0881. The molecule has 23 heavy (non-hydrogen) atoms. The van der Waals surface area contributed by atoms with Crippen molar-refractivity contribution in [1.82, 2.24) is 0 Å². The Labute approximate surface area is 139 Å². The van der Waals surface area contributed by atoms with E-state index < -0.39 is 6.29 Å². The second-order valence-corrected chi connectivity index (χ2v) is 7.49. The van der Waals surface area contributed by atoms with Crippen LogP contribution in [0.4, 0.5) is 0 Å². The van der Waals surface area contributed by atoms with Crippen molar-refractivity contribution in [3.05, 3.63) is 34.4 Å². The molecule has 1 aromatic rings. The number of hydrogen-bond donors (Lipinski definition) is 2. The molecule has 2 N–H and O–H groups in total. The van der Waals surface area contributed by atoms with Gasteiger partial charge in [0.15, 0.2) is 0 Å². The first-order valence-corrected chi connectivity index (χ1v) is 8.74. The van der Waals surface area contributed by atoms with Crippen molar-refractivity contribution in [2.24, 2.45) is 5.92 Å². The predicted octanol–water partition coefficient (Wildman–Crippen LogP) is 4.75. The lowest BCUT2D eigenvalue weighted by Gasteiger charge is -2.43. The number of ether oxygens (including phenoxy) is 1. The van der Waals surface area contributed by atoms with E-state index in [1.165, 1.54) is 5.57 Å². The molecule has 0 bridgehead atoms. The van der Waals surface area contributed by atoms with Crippen molar-refractivity contribution in [3.63, 3.8) is 0 Å². The molecule has 0 amide bonds. The summed E-state index contributed by atoms with van der Waals surface area (Å²) in [6.45, 7) is 8.32. The van der Waals surface area contributed by atoms with Crippen LogP contribution in [0.15, 0.2) is 17.7 Å². The summed E-state index contributed by atoms with van der Waals surface area (Å²) in [7, 11) is 0. The van der Waals surface area contributed by atoms with Crippen LogP contribution in [0.2, 0.25) is 0 Å². The molecule has 3 nitrogen and oxygen atoms in total. The average Bonchev–Trinajstić information content (AvgIpc) is 2.47. The fraction of sp³-hybridized carbons (Fsp3) is 0.600. The van der Waals surface area contributed by atoms with Crippen molar-refractivity contribution in [2.45, 2.75) is 71.5 Å². The van der Waals surface area contributed by atoms with Crippen molar-refractivity contribution >= 4 is 0 Å². The molecular formula is C20H28O3. The molecule has 0 fully saturated rings. The summed E-state index contributed by atoms with van der Waals surface area (Å²) >= 11 is 0. The van der Waals surface area contributed by atoms with Crippen LogP contribution in [-0.2, 0) is 0 Å². The van der Waals surface area contributed by atoms with Crippen molar-refractivity contribution in [2.75, 3.05) is 0 Å². The first-order chi connectivity index (χ1) is 10.9. The molecule has 0 aromatic heterocycles. The molecule has 1 aromatic carbocycles. The molecule has 2 aliphatic rings. The zero-order chi connectivity index (χ0) is 16.7. The predicted molar refractivity (Wildman–Crippen MR) is 92.0 cm³/mol. The molecule has 4 atom stereocenters. The number of aliphatic hydroxyl groups excluding tert-OH is 1. The fourth-order valence-corrected chi connectivity index (χ4v) is 4.33. The number of phenols is 1. The van der Waals surface area contributed by atoms with E-state index in [0.29, 0.717) is 11.7 Å². The normalized spacial score (nSPS) is 28.7. The van der Waals surface area contributed by atoms with Gasteiger partial charge in [-0.1, -0.05) is 18.6 Å². The van der Waals surface area contributed by atoms with Crippen LogP contribution in [-0.4, -0.2) is 16.5 Å². The van der Waals surface area contributed by atoms with E-state index in [9.17, 15) is 10.2 Å². The third-order valence-electron chi connectivity index (χ3n) is 5.47. The number of aliphatic hydroxyl groups is 1. The highest BCUT2D eigenvalue weighted by Crippen LogP contribution is 2.54. The lowest BCUT2D eigenvalue weighted by atomic mass is 9.68. The van der Waals surface area contributed by atoms with Gasteiger partial charge in [0.1, 0.15) is 11.5 Å². The van der Waals surface area contributed by atoms with Crippen LogP contribution in [0, 0.1) is 12.8 Å². The summed E-state index contributed by atoms with van der Waals surface area (Å²) in [4.78, 5) is 0. The number of hydrogen-bond acceptors (Lipinski definition) is 3. The molecule has 0 saturated carbocycles. The van der Waals surface area contributed by atoms with Gasteiger partial charge in [-0.2, -0.15) is 0 Å². The average molecular weight is 316 g/mol. The maximum Gasteiger partial charge on any atom is 0.200 e. The quantitative estimate of drug-likeness (QED) is 0.791. The Morgan fingerprint density at radius 1 is 1.30 bits per heavy atom. The van der Waals surface area contributed by atoms with Crippen molar-refractivity contribution < 1.29 is 14.9 Å². The van der Waals surface area contributed by atoms with Crippen LogP contribution in [0.3, 0.4) is 0 Å². The number of phenolic OH excluding ortho intramolecular Hbond substituents is 1. The van der Waals surface area contributed by atoms with Gasteiger partial charge in [-0.3, -0.25) is 0 Å². The van der Waals surface area contributed by atoms with Gasteiger partial charge in [0.2, 0.25) is 6.29 Å². The minimum atomic E-state index is -0.748. The molecule has 0 spiro atoms. The Morgan fingerprint density at radius 3 is 2.74 bits per heavy atom. The van der Waals surface area contributed by atoms with E-state index in [1.54, 1.807) is 6.07 Å². The summed E-state index contributed by atoms with van der Waals surface area (Å²) in [6, 6.07) is 1.78. The highest BCUT2D eigenvalue weighted by molar-refractivity contribution is 5.58. The highest BCUT2D eigenvalue weighted by Gasteiger charge is 2.42. The minimum Gasteiger partial charge on any atom is -0.508 e. The molecule has 3 rings (SSSR count). The van der Waals surface area contributed by atoms with Crippen molar-refractivity contribution in [1.29, 1.82) is 0 Å². The molecule has 2 unspecified atom stereocenters. The van der Waals surface area contributed by atoms with Crippen LogP contribution in [0.5, 0.6) is 11.5 Å². The number of aromatic hydroxyl groups is 1. The Balaban J connectivity index is 2.00. The van der Waals surface area contributed by atoms with E-state index in [2.05, 4.69) is 26.8 Å². The zero-order valence-corrected chi connectivity index (χ0v) is 14.6. The topological polar surface area (TPSA) is 49.7 Å². The zero-order valence-electron chi connectivity index (χ0n) is 14.6. The maximum absolute atomic E-state index is 10.6. The number of benzene rings is 1. The number of rotatable bonds is 3.